The highest BCUT2D eigenvalue weighted by Gasteiger charge is 2.17. The molecule has 1 aliphatic heterocycles. The lowest BCUT2D eigenvalue weighted by Crippen LogP contribution is -2.44. The van der Waals surface area contributed by atoms with Gasteiger partial charge < -0.3 is 15.5 Å². The van der Waals surface area contributed by atoms with Crippen LogP contribution in [-0.2, 0) is 11.2 Å². The number of rotatable bonds is 7. The number of hydrogen-bond donors (Lipinski definition) is 2. The summed E-state index contributed by atoms with van der Waals surface area (Å²) in [6.45, 7) is 13.8. The summed E-state index contributed by atoms with van der Waals surface area (Å²) in [6.07, 6.45) is 1.30. The fourth-order valence-electron chi connectivity index (χ4n) is 3.62. The van der Waals surface area contributed by atoms with Crippen molar-refractivity contribution in [2.45, 2.75) is 40.5 Å². The highest BCUT2D eigenvalue weighted by Crippen LogP contribution is 2.17. The number of nitrogens with one attached hydrogen (secondary N) is 2. The molecule has 1 aliphatic rings. The standard InChI is InChI=1S/C20H31N7O.ClH/c1-14-12-15(2)24-20(23-14)27-17(4)18(16(3)25-27)13-19(28)22-6-5-9-26-10-7-21-8-11-26;/h12,21H,5-11,13H2,1-4H3,(H,22,28);1H. The van der Waals surface area contributed by atoms with Crippen molar-refractivity contribution in [3.63, 3.8) is 0 Å². The monoisotopic (exact) mass is 421 g/mol. The van der Waals surface area contributed by atoms with E-state index >= 15 is 0 Å². The Balaban J connectivity index is 0.00000300. The average Bonchev–Trinajstić information content (AvgIpc) is 2.93. The van der Waals surface area contributed by atoms with Gasteiger partial charge in [-0.15, -0.1) is 12.4 Å². The summed E-state index contributed by atoms with van der Waals surface area (Å²) in [4.78, 5) is 23.8. The summed E-state index contributed by atoms with van der Waals surface area (Å²) < 4.78 is 1.74. The van der Waals surface area contributed by atoms with E-state index in [1.54, 1.807) is 4.68 Å². The van der Waals surface area contributed by atoms with Crippen LogP contribution >= 0.6 is 12.4 Å². The molecular weight excluding hydrogens is 390 g/mol. The Labute approximate surface area is 178 Å². The first-order chi connectivity index (χ1) is 13.4. The first-order valence-electron chi connectivity index (χ1n) is 10.0. The van der Waals surface area contributed by atoms with Gasteiger partial charge in [0.1, 0.15) is 0 Å². The lowest BCUT2D eigenvalue weighted by molar-refractivity contribution is -0.120. The molecule has 0 atom stereocenters. The molecule has 2 aromatic rings. The van der Waals surface area contributed by atoms with E-state index in [1.807, 2.05) is 33.8 Å². The normalized spacial score (nSPS) is 14.5. The highest BCUT2D eigenvalue weighted by atomic mass is 35.5. The number of aromatic nitrogens is 4. The maximum Gasteiger partial charge on any atom is 0.251 e. The number of piperazine rings is 1. The number of carbonyl (C=O) groups is 1. The van der Waals surface area contributed by atoms with E-state index in [1.165, 1.54) is 0 Å². The molecule has 0 spiro atoms. The summed E-state index contributed by atoms with van der Waals surface area (Å²) >= 11 is 0. The average molecular weight is 422 g/mol. The Hall–Kier alpha value is -2.03. The topological polar surface area (TPSA) is 88.0 Å². The molecule has 0 aromatic carbocycles. The van der Waals surface area contributed by atoms with Crippen molar-refractivity contribution in [3.05, 3.63) is 34.4 Å². The minimum Gasteiger partial charge on any atom is -0.356 e. The van der Waals surface area contributed by atoms with E-state index in [2.05, 4.69) is 30.6 Å². The lowest BCUT2D eigenvalue weighted by atomic mass is 10.1. The molecule has 0 unspecified atom stereocenters. The van der Waals surface area contributed by atoms with Crippen LogP contribution in [0, 0.1) is 27.7 Å². The second-order valence-corrected chi connectivity index (χ2v) is 7.48. The van der Waals surface area contributed by atoms with Gasteiger partial charge in [-0.3, -0.25) is 4.79 Å². The van der Waals surface area contributed by atoms with Gasteiger partial charge in [0.05, 0.1) is 12.1 Å². The summed E-state index contributed by atoms with van der Waals surface area (Å²) in [5.74, 6) is 0.591. The van der Waals surface area contributed by atoms with Crippen molar-refractivity contribution in [2.75, 3.05) is 39.3 Å². The van der Waals surface area contributed by atoms with Crippen molar-refractivity contribution < 1.29 is 4.79 Å². The van der Waals surface area contributed by atoms with E-state index in [0.29, 0.717) is 18.9 Å². The molecule has 1 fully saturated rings. The molecule has 0 saturated carbocycles. The van der Waals surface area contributed by atoms with Gasteiger partial charge in [0, 0.05) is 55.4 Å². The number of carbonyl (C=O) groups excluding carboxylic acids is 1. The number of nitrogens with zero attached hydrogens (tertiary/aromatic N) is 5. The van der Waals surface area contributed by atoms with Crippen LogP contribution in [0.4, 0.5) is 0 Å². The van der Waals surface area contributed by atoms with Gasteiger partial charge in [-0.05, 0) is 46.7 Å². The first kappa shape index (κ1) is 23.3. The van der Waals surface area contributed by atoms with Crippen molar-refractivity contribution in [2.24, 2.45) is 0 Å². The Morgan fingerprint density at radius 2 is 1.79 bits per heavy atom. The second kappa shape index (κ2) is 10.7. The van der Waals surface area contributed by atoms with Gasteiger partial charge in [-0.2, -0.15) is 5.10 Å². The van der Waals surface area contributed by atoms with Gasteiger partial charge >= 0.3 is 0 Å². The van der Waals surface area contributed by atoms with Crippen LogP contribution in [0.5, 0.6) is 0 Å². The van der Waals surface area contributed by atoms with Crippen molar-refractivity contribution in [1.82, 2.24) is 35.3 Å². The Bertz CT molecular complexity index is 810. The first-order valence-corrected chi connectivity index (χ1v) is 10.0. The number of halogens is 1. The molecule has 3 rings (SSSR count). The van der Waals surface area contributed by atoms with E-state index < -0.39 is 0 Å². The summed E-state index contributed by atoms with van der Waals surface area (Å²) in [5, 5.41) is 11.0. The molecule has 0 aliphatic carbocycles. The van der Waals surface area contributed by atoms with Crippen LogP contribution in [0.15, 0.2) is 6.07 Å². The maximum atomic E-state index is 12.4. The van der Waals surface area contributed by atoms with Crippen molar-refractivity contribution >= 4 is 18.3 Å². The molecule has 3 heterocycles. The molecule has 2 aromatic heterocycles. The molecule has 29 heavy (non-hydrogen) atoms. The Morgan fingerprint density at radius 1 is 1.14 bits per heavy atom. The van der Waals surface area contributed by atoms with Gasteiger partial charge in [0.15, 0.2) is 0 Å². The zero-order chi connectivity index (χ0) is 20.1. The summed E-state index contributed by atoms with van der Waals surface area (Å²) in [5.41, 5.74) is 4.51. The van der Waals surface area contributed by atoms with Gasteiger partial charge in [0.25, 0.3) is 5.95 Å². The van der Waals surface area contributed by atoms with E-state index in [0.717, 1.165) is 67.5 Å². The SMILES string of the molecule is Cc1cc(C)nc(-n2nc(C)c(CC(=O)NCCCN3CCNCC3)c2C)n1.Cl. The number of hydrogen-bond acceptors (Lipinski definition) is 6. The fraction of sp³-hybridized carbons (Fsp3) is 0.600. The van der Waals surface area contributed by atoms with Crippen molar-refractivity contribution in [1.29, 1.82) is 0 Å². The Kier molecular flexibility index (Phi) is 8.55. The van der Waals surface area contributed by atoms with E-state index in [4.69, 9.17) is 0 Å². The molecule has 1 amide bonds. The molecule has 2 N–H and O–H groups in total. The smallest absolute Gasteiger partial charge is 0.251 e. The largest absolute Gasteiger partial charge is 0.356 e. The van der Waals surface area contributed by atoms with E-state index in [9.17, 15) is 4.79 Å². The molecular formula is C20H32ClN7O. The predicted molar refractivity (Wildman–Crippen MR) is 116 cm³/mol. The minimum atomic E-state index is 0. The van der Waals surface area contributed by atoms with Crippen LogP contribution in [-0.4, -0.2) is 69.8 Å². The van der Waals surface area contributed by atoms with Crippen LogP contribution in [0.3, 0.4) is 0 Å². The highest BCUT2D eigenvalue weighted by molar-refractivity contribution is 5.85. The van der Waals surface area contributed by atoms with Crippen LogP contribution in [0.1, 0.15) is 34.8 Å². The summed E-state index contributed by atoms with van der Waals surface area (Å²) in [6, 6.07) is 1.93. The van der Waals surface area contributed by atoms with Gasteiger partial charge in [-0.25, -0.2) is 14.6 Å². The molecule has 160 valence electrons. The van der Waals surface area contributed by atoms with Crippen LogP contribution in [0.25, 0.3) is 5.95 Å². The van der Waals surface area contributed by atoms with Crippen molar-refractivity contribution in [3.8, 4) is 5.95 Å². The van der Waals surface area contributed by atoms with Crippen LogP contribution in [0.2, 0.25) is 0 Å². The third-order valence-electron chi connectivity index (χ3n) is 5.12. The third-order valence-corrected chi connectivity index (χ3v) is 5.12. The van der Waals surface area contributed by atoms with E-state index in [-0.39, 0.29) is 18.3 Å². The molecule has 1 saturated heterocycles. The van der Waals surface area contributed by atoms with Gasteiger partial charge in [-0.1, -0.05) is 0 Å². The Morgan fingerprint density at radius 3 is 2.45 bits per heavy atom. The molecule has 0 radical (unpaired) electrons. The fourth-order valence-corrected chi connectivity index (χ4v) is 3.62. The number of aryl methyl sites for hydroxylation is 3. The molecule has 8 nitrogen and oxygen atoms in total. The van der Waals surface area contributed by atoms with Gasteiger partial charge in [0.2, 0.25) is 5.91 Å². The molecule has 9 heteroatoms. The summed E-state index contributed by atoms with van der Waals surface area (Å²) in [7, 11) is 0. The molecule has 0 bridgehead atoms. The zero-order valence-electron chi connectivity index (χ0n) is 17.8. The predicted octanol–water partition coefficient (Wildman–Crippen LogP) is 1.27. The quantitative estimate of drug-likeness (QED) is 0.654. The maximum absolute atomic E-state index is 12.4. The van der Waals surface area contributed by atoms with Crippen LogP contribution < -0.4 is 10.6 Å². The minimum absolute atomic E-state index is 0. The number of amides is 1. The zero-order valence-corrected chi connectivity index (χ0v) is 18.6. The third kappa shape index (κ3) is 6.22. The lowest BCUT2D eigenvalue weighted by Gasteiger charge is -2.27. The second-order valence-electron chi connectivity index (χ2n) is 7.48.